The molecule has 0 saturated heterocycles. The van der Waals surface area contributed by atoms with E-state index in [-0.39, 0.29) is 18.2 Å². The van der Waals surface area contributed by atoms with Crippen LogP contribution in [0.4, 0.5) is 4.79 Å². The minimum atomic E-state index is -0.811. The molecule has 35 heavy (non-hydrogen) atoms. The molecule has 1 aromatic carbocycles. The van der Waals surface area contributed by atoms with Gasteiger partial charge in [0.15, 0.2) is 0 Å². The molecule has 1 aromatic heterocycles. The first-order chi connectivity index (χ1) is 16.5. The van der Waals surface area contributed by atoms with Crippen molar-refractivity contribution in [1.82, 2.24) is 20.8 Å². The van der Waals surface area contributed by atoms with E-state index in [0.717, 1.165) is 0 Å². The highest BCUT2D eigenvalue weighted by Gasteiger charge is 2.26. The Labute approximate surface area is 208 Å². The van der Waals surface area contributed by atoms with Crippen molar-refractivity contribution in [2.45, 2.75) is 45.3 Å². The van der Waals surface area contributed by atoms with E-state index in [4.69, 9.17) is 18.7 Å². The summed E-state index contributed by atoms with van der Waals surface area (Å²) in [6.45, 7) is 6.79. The van der Waals surface area contributed by atoms with Crippen LogP contribution in [0.1, 0.15) is 39.5 Å². The third-order valence-electron chi connectivity index (χ3n) is 4.50. The van der Waals surface area contributed by atoms with E-state index < -0.39 is 29.6 Å². The SMILES string of the molecule is COC(=O)[C@H](CSCC(CNC(=O)OC(C)(C)C)c1nc(-c2ccccc2OC)no1)NC(C)=O. The van der Waals surface area contributed by atoms with Gasteiger partial charge in [-0.05, 0) is 32.9 Å². The number of carbonyl (C=O) groups is 3. The van der Waals surface area contributed by atoms with Crippen molar-refractivity contribution in [2.24, 2.45) is 0 Å². The average molecular weight is 509 g/mol. The zero-order valence-electron chi connectivity index (χ0n) is 20.7. The number of thioether (sulfide) groups is 1. The normalized spacial score (nSPS) is 12.9. The van der Waals surface area contributed by atoms with Crippen LogP contribution in [0.3, 0.4) is 0 Å². The van der Waals surface area contributed by atoms with E-state index in [2.05, 4.69) is 20.8 Å². The van der Waals surface area contributed by atoms with Crippen molar-refractivity contribution in [2.75, 3.05) is 32.3 Å². The molecule has 2 rings (SSSR count). The molecule has 2 N–H and O–H groups in total. The van der Waals surface area contributed by atoms with Crippen LogP contribution in [-0.4, -0.2) is 72.0 Å². The molecule has 12 heteroatoms. The number of amides is 2. The Hall–Kier alpha value is -3.28. The molecule has 0 saturated carbocycles. The van der Waals surface area contributed by atoms with Crippen LogP contribution >= 0.6 is 11.8 Å². The second kappa shape index (κ2) is 13.0. The van der Waals surface area contributed by atoms with Gasteiger partial charge < -0.3 is 29.4 Å². The van der Waals surface area contributed by atoms with Gasteiger partial charge in [0, 0.05) is 25.0 Å². The number of benzene rings is 1. The molecule has 2 atom stereocenters. The van der Waals surface area contributed by atoms with Crippen LogP contribution in [0.5, 0.6) is 5.75 Å². The number of nitrogens with zero attached hydrogens (tertiary/aromatic N) is 2. The summed E-state index contributed by atoms with van der Waals surface area (Å²) in [5, 5.41) is 9.37. The molecular formula is C23H32N4O7S. The number of carbonyl (C=O) groups excluding carboxylic acids is 3. The molecular weight excluding hydrogens is 476 g/mol. The van der Waals surface area contributed by atoms with Crippen LogP contribution in [0.15, 0.2) is 28.8 Å². The number of hydrogen-bond donors (Lipinski definition) is 2. The second-order valence-corrected chi connectivity index (χ2v) is 9.62. The first-order valence-electron chi connectivity index (χ1n) is 10.9. The maximum atomic E-state index is 12.2. The summed E-state index contributed by atoms with van der Waals surface area (Å²) in [5.41, 5.74) is 0.00926. The molecule has 0 bridgehead atoms. The molecule has 0 aliphatic carbocycles. The van der Waals surface area contributed by atoms with E-state index >= 15 is 0 Å². The summed E-state index contributed by atoms with van der Waals surface area (Å²) in [6.07, 6.45) is -0.581. The Morgan fingerprint density at radius 3 is 2.49 bits per heavy atom. The highest BCUT2D eigenvalue weighted by molar-refractivity contribution is 7.99. The summed E-state index contributed by atoms with van der Waals surface area (Å²) >= 11 is 1.37. The third-order valence-corrected chi connectivity index (χ3v) is 5.70. The topological polar surface area (TPSA) is 142 Å². The highest BCUT2D eigenvalue weighted by atomic mass is 32.2. The Morgan fingerprint density at radius 1 is 1.14 bits per heavy atom. The molecule has 1 unspecified atom stereocenters. The van der Waals surface area contributed by atoms with Gasteiger partial charge in [0.1, 0.15) is 17.4 Å². The van der Waals surface area contributed by atoms with Gasteiger partial charge in [-0.25, -0.2) is 9.59 Å². The van der Waals surface area contributed by atoms with Gasteiger partial charge in [-0.3, -0.25) is 4.79 Å². The van der Waals surface area contributed by atoms with Crippen molar-refractivity contribution in [3.63, 3.8) is 0 Å². The van der Waals surface area contributed by atoms with E-state index in [0.29, 0.717) is 28.8 Å². The van der Waals surface area contributed by atoms with Crippen LogP contribution in [0, 0.1) is 0 Å². The van der Waals surface area contributed by atoms with Gasteiger partial charge >= 0.3 is 12.1 Å². The number of rotatable bonds is 11. The fourth-order valence-electron chi connectivity index (χ4n) is 2.96. The smallest absolute Gasteiger partial charge is 0.407 e. The minimum absolute atomic E-state index is 0.151. The lowest BCUT2D eigenvalue weighted by Gasteiger charge is -2.21. The summed E-state index contributed by atoms with van der Waals surface area (Å²) in [5.74, 6) is 0.584. The lowest BCUT2D eigenvalue weighted by molar-refractivity contribution is -0.144. The van der Waals surface area contributed by atoms with Crippen LogP contribution < -0.4 is 15.4 Å². The van der Waals surface area contributed by atoms with Gasteiger partial charge in [0.05, 0.1) is 25.7 Å². The Morgan fingerprint density at radius 2 is 1.86 bits per heavy atom. The summed E-state index contributed by atoms with van der Waals surface area (Å²) in [4.78, 5) is 40.1. The predicted octanol–water partition coefficient (Wildman–Crippen LogP) is 2.76. The van der Waals surface area contributed by atoms with Gasteiger partial charge in [-0.1, -0.05) is 17.3 Å². The maximum absolute atomic E-state index is 12.2. The molecule has 2 amide bonds. The summed E-state index contributed by atoms with van der Waals surface area (Å²) in [7, 11) is 2.81. The van der Waals surface area contributed by atoms with E-state index in [1.54, 1.807) is 33.9 Å². The number of ether oxygens (including phenoxy) is 3. The number of alkyl carbamates (subject to hydrolysis) is 1. The van der Waals surface area contributed by atoms with Crippen molar-refractivity contribution < 1.29 is 33.1 Å². The fraction of sp³-hybridized carbons (Fsp3) is 0.522. The molecule has 0 aliphatic rings. The molecule has 0 fully saturated rings. The fourth-order valence-corrected chi connectivity index (χ4v) is 4.10. The van der Waals surface area contributed by atoms with E-state index in [9.17, 15) is 14.4 Å². The lowest BCUT2D eigenvalue weighted by atomic mass is 10.1. The van der Waals surface area contributed by atoms with Crippen molar-refractivity contribution in [1.29, 1.82) is 0 Å². The van der Waals surface area contributed by atoms with Crippen LogP contribution in [0.2, 0.25) is 0 Å². The number of esters is 1. The van der Waals surface area contributed by atoms with Crippen LogP contribution in [-0.2, 0) is 19.1 Å². The highest BCUT2D eigenvalue weighted by Crippen LogP contribution is 2.29. The molecule has 0 radical (unpaired) electrons. The van der Waals surface area contributed by atoms with Gasteiger partial charge in [0.2, 0.25) is 17.6 Å². The monoisotopic (exact) mass is 508 g/mol. The standard InChI is InChI=1S/C23H32N4O7S/c1-14(28)25-17(21(29)32-6)13-35-12-15(11-24-22(30)33-23(2,3)4)20-26-19(27-34-20)16-9-7-8-10-18(16)31-5/h7-10,15,17H,11-13H2,1-6H3,(H,24,30)(H,25,28)/t15?,17-/m0/s1. The molecule has 192 valence electrons. The Balaban J connectivity index is 2.17. The largest absolute Gasteiger partial charge is 0.496 e. The molecule has 0 spiro atoms. The number of nitrogens with one attached hydrogen (secondary N) is 2. The predicted molar refractivity (Wildman–Crippen MR) is 130 cm³/mol. The van der Waals surface area contributed by atoms with E-state index in [1.165, 1.54) is 25.8 Å². The number of para-hydroxylation sites is 1. The third kappa shape index (κ3) is 9.12. The zero-order chi connectivity index (χ0) is 26.0. The zero-order valence-corrected chi connectivity index (χ0v) is 21.6. The maximum Gasteiger partial charge on any atom is 0.407 e. The number of methoxy groups -OCH3 is 2. The van der Waals surface area contributed by atoms with Crippen molar-refractivity contribution >= 4 is 29.7 Å². The van der Waals surface area contributed by atoms with Gasteiger partial charge in [-0.2, -0.15) is 16.7 Å². The summed E-state index contributed by atoms with van der Waals surface area (Å²) < 4.78 is 21.0. The molecule has 0 aliphatic heterocycles. The van der Waals surface area contributed by atoms with Crippen molar-refractivity contribution in [3.05, 3.63) is 30.2 Å². The second-order valence-electron chi connectivity index (χ2n) is 8.55. The first-order valence-corrected chi connectivity index (χ1v) is 12.1. The average Bonchev–Trinajstić information content (AvgIpc) is 3.28. The molecule has 2 aromatic rings. The summed E-state index contributed by atoms with van der Waals surface area (Å²) in [6, 6.07) is 6.46. The Bertz CT molecular complexity index is 1010. The van der Waals surface area contributed by atoms with Gasteiger partial charge in [-0.15, -0.1) is 0 Å². The number of hydrogen-bond acceptors (Lipinski definition) is 10. The van der Waals surface area contributed by atoms with Gasteiger partial charge in [0.25, 0.3) is 0 Å². The lowest BCUT2D eigenvalue weighted by Crippen LogP contribution is -2.42. The quantitative estimate of drug-likeness (QED) is 0.435. The first kappa shape index (κ1) is 28.0. The van der Waals surface area contributed by atoms with Crippen LogP contribution in [0.25, 0.3) is 11.4 Å². The molecule has 1 heterocycles. The minimum Gasteiger partial charge on any atom is -0.496 e. The Kier molecular flexibility index (Phi) is 10.4. The number of aromatic nitrogens is 2. The van der Waals surface area contributed by atoms with E-state index in [1.807, 2.05) is 18.2 Å². The molecule has 11 nitrogen and oxygen atoms in total. The van der Waals surface area contributed by atoms with Crippen molar-refractivity contribution in [3.8, 4) is 17.1 Å².